The molecular formula is C55H34N2. The van der Waals surface area contributed by atoms with Crippen LogP contribution >= 0.6 is 0 Å². The Morgan fingerprint density at radius 1 is 0.263 bits per heavy atom. The first-order valence-electron chi connectivity index (χ1n) is 19.6. The Labute approximate surface area is 329 Å². The Morgan fingerprint density at radius 3 is 1.05 bits per heavy atom. The zero-order valence-corrected chi connectivity index (χ0v) is 31.0. The van der Waals surface area contributed by atoms with E-state index in [0.29, 0.717) is 0 Å². The molecule has 0 bridgehead atoms. The summed E-state index contributed by atoms with van der Waals surface area (Å²) in [7, 11) is 0. The lowest BCUT2D eigenvalue weighted by Gasteiger charge is -2.14. The SMILES string of the molecule is c1ccc2c(c1)nc(-c1ccc(-c3ccc4c5ccccc5c5ccccc5c4c3)cc1)n2-c1ccc(-c2ccc3c4ccccc4c4ccccc4c3c2)cc1. The Kier molecular flexibility index (Phi) is 6.96. The van der Waals surface area contributed by atoms with E-state index >= 15 is 0 Å². The first kappa shape index (κ1) is 31.8. The average Bonchev–Trinajstić information content (AvgIpc) is 3.69. The summed E-state index contributed by atoms with van der Waals surface area (Å²) >= 11 is 0. The second kappa shape index (κ2) is 12.5. The smallest absolute Gasteiger partial charge is 0.145 e. The predicted octanol–water partition coefficient (Wildman–Crippen LogP) is 14.9. The summed E-state index contributed by atoms with van der Waals surface area (Å²) in [6.45, 7) is 0. The standard InChI is InChI=1S/C55H34N2/c1-3-15-45-41(11-1)43-13-5-7-17-47(43)51-33-38(27-31-49(45)51)35-21-23-37(24-22-35)55-56-53-19-9-10-20-54(53)57(55)40-29-25-36(26-30-40)39-28-32-50-46-16-4-2-12-42(46)44-14-6-8-18-48(44)52(50)34-39/h1-34H. The van der Waals surface area contributed by atoms with E-state index in [2.05, 4.69) is 211 Å². The molecule has 264 valence electrons. The van der Waals surface area contributed by atoms with Crippen LogP contribution < -0.4 is 0 Å². The van der Waals surface area contributed by atoms with Crippen LogP contribution in [0.5, 0.6) is 0 Å². The largest absolute Gasteiger partial charge is 0.292 e. The number of benzene rings is 11. The van der Waals surface area contributed by atoms with Gasteiger partial charge in [0.1, 0.15) is 5.82 Å². The minimum atomic E-state index is 0.926. The molecule has 0 spiro atoms. The van der Waals surface area contributed by atoms with E-state index in [1.54, 1.807) is 0 Å². The highest BCUT2D eigenvalue weighted by Crippen LogP contribution is 2.40. The van der Waals surface area contributed by atoms with Gasteiger partial charge in [-0.05, 0) is 123 Å². The van der Waals surface area contributed by atoms with E-state index in [1.165, 1.54) is 86.9 Å². The molecule has 2 heteroatoms. The lowest BCUT2D eigenvalue weighted by Crippen LogP contribution is -1.97. The number of para-hydroxylation sites is 2. The molecule has 1 aromatic heterocycles. The molecule has 0 fully saturated rings. The monoisotopic (exact) mass is 722 g/mol. The van der Waals surface area contributed by atoms with E-state index in [0.717, 1.165) is 28.1 Å². The number of rotatable bonds is 4. The minimum absolute atomic E-state index is 0.926. The lowest BCUT2D eigenvalue weighted by atomic mass is 9.92. The maximum Gasteiger partial charge on any atom is 0.145 e. The van der Waals surface area contributed by atoms with E-state index < -0.39 is 0 Å². The fraction of sp³-hybridized carbons (Fsp3) is 0. The van der Waals surface area contributed by atoms with Crippen molar-refractivity contribution in [3.63, 3.8) is 0 Å². The third-order valence-electron chi connectivity index (χ3n) is 12.0. The summed E-state index contributed by atoms with van der Waals surface area (Å²) in [6.07, 6.45) is 0. The average molecular weight is 723 g/mol. The predicted molar refractivity (Wildman–Crippen MR) is 242 cm³/mol. The molecular weight excluding hydrogens is 689 g/mol. The van der Waals surface area contributed by atoms with Gasteiger partial charge >= 0.3 is 0 Å². The second-order valence-corrected chi connectivity index (χ2v) is 15.1. The molecule has 11 aromatic carbocycles. The molecule has 1 heterocycles. The van der Waals surface area contributed by atoms with Crippen LogP contribution in [0.2, 0.25) is 0 Å². The highest BCUT2D eigenvalue weighted by atomic mass is 15.1. The van der Waals surface area contributed by atoms with Crippen molar-refractivity contribution in [3.05, 3.63) is 206 Å². The topological polar surface area (TPSA) is 17.8 Å². The van der Waals surface area contributed by atoms with Crippen LogP contribution in [0, 0.1) is 0 Å². The maximum absolute atomic E-state index is 5.20. The summed E-state index contributed by atoms with van der Waals surface area (Å²) in [5.41, 5.74) is 8.99. The van der Waals surface area contributed by atoms with Gasteiger partial charge in [0.05, 0.1) is 11.0 Å². The molecule has 0 N–H and O–H groups in total. The van der Waals surface area contributed by atoms with Gasteiger partial charge in [-0.25, -0.2) is 4.98 Å². The fourth-order valence-corrected chi connectivity index (χ4v) is 9.27. The van der Waals surface area contributed by atoms with Crippen molar-refractivity contribution in [1.29, 1.82) is 0 Å². The van der Waals surface area contributed by atoms with Crippen molar-refractivity contribution in [2.24, 2.45) is 0 Å². The van der Waals surface area contributed by atoms with Gasteiger partial charge in [-0.15, -0.1) is 0 Å². The third kappa shape index (κ3) is 4.94. The Hall–Kier alpha value is -7.55. The van der Waals surface area contributed by atoms with Gasteiger partial charge < -0.3 is 0 Å². The zero-order valence-electron chi connectivity index (χ0n) is 31.0. The van der Waals surface area contributed by atoms with Crippen LogP contribution in [-0.4, -0.2) is 9.55 Å². The molecule has 0 amide bonds. The van der Waals surface area contributed by atoms with Crippen LogP contribution in [0.25, 0.3) is 115 Å². The molecule has 0 saturated carbocycles. The van der Waals surface area contributed by atoms with Gasteiger partial charge in [-0.1, -0.05) is 170 Å². The van der Waals surface area contributed by atoms with Crippen molar-refractivity contribution in [1.82, 2.24) is 9.55 Å². The number of hydrogen-bond acceptors (Lipinski definition) is 1. The number of nitrogens with zero attached hydrogens (tertiary/aromatic N) is 2. The molecule has 0 saturated heterocycles. The summed E-state index contributed by atoms with van der Waals surface area (Å²) < 4.78 is 2.29. The van der Waals surface area contributed by atoms with E-state index in [9.17, 15) is 0 Å². The van der Waals surface area contributed by atoms with Gasteiger partial charge in [-0.2, -0.15) is 0 Å². The molecule has 12 aromatic rings. The first-order valence-corrected chi connectivity index (χ1v) is 19.6. The number of imidazole rings is 1. The van der Waals surface area contributed by atoms with Gasteiger partial charge in [0.2, 0.25) is 0 Å². The Bertz CT molecular complexity index is 3480. The first-order chi connectivity index (χ1) is 28.3. The van der Waals surface area contributed by atoms with Crippen molar-refractivity contribution >= 4 is 75.7 Å². The molecule has 0 radical (unpaired) electrons. The number of fused-ring (bicyclic) bond motifs is 13. The van der Waals surface area contributed by atoms with Crippen molar-refractivity contribution in [2.75, 3.05) is 0 Å². The van der Waals surface area contributed by atoms with Crippen LogP contribution in [0.4, 0.5) is 0 Å². The summed E-state index contributed by atoms with van der Waals surface area (Å²) in [5.74, 6) is 0.926. The fourth-order valence-electron chi connectivity index (χ4n) is 9.27. The van der Waals surface area contributed by atoms with E-state index in [-0.39, 0.29) is 0 Å². The Balaban J connectivity index is 0.932. The summed E-state index contributed by atoms with van der Waals surface area (Å²) in [4.78, 5) is 5.20. The van der Waals surface area contributed by atoms with Crippen LogP contribution in [0.15, 0.2) is 206 Å². The van der Waals surface area contributed by atoms with Gasteiger partial charge in [0.15, 0.2) is 0 Å². The van der Waals surface area contributed by atoms with Gasteiger partial charge in [-0.3, -0.25) is 4.57 Å². The maximum atomic E-state index is 5.20. The molecule has 12 rings (SSSR count). The number of hydrogen-bond donors (Lipinski definition) is 0. The number of aromatic nitrogens is 2. The van der Waals surface area contributed by atoms with Crippen molar-refractivity contribution in [3.8, 4) is 39.3 Å². The molecule has 0 atom stereocenters. The van der Waals surface area contributed by atoms with Crippen molar-refractivity contribution in [2.45, 2.75) is 0 Å². The molecule has 0 aliphatic rings. The lowest BCUT2D eigenvalue weighted by molar-refractivity contribution is 1.10. The van der Waals surface area contributed by atoms with Crippen molar-refractivity contribution < 1.29 is 0 Å². The minimum Gasteiger partial charge on any atom is -0.292 e. The van der Waals surface area contributed by atoms with Crippen LogP contribution in [-0.2, 0) is 0 Å². The van der Waals surface area contributed by atoms with Crippen LogP contribution in [0.3, 0.4) is 0 Å². The molecule has 0 aliphatic heterocycles. The third-order valence-corrected chi connectivity index (χ3v) is 12.0. The van der Waals surface area contributed by atoms with Crippen LogP contribution in [0.1, 0.15) is 0 Å². The highest BCUT2D eigenvalue weighted by Gasteiger charge is 2.16. The van der Waals surface area contributed by atoms with E-state index in [4.69, 9.17) is 4.98 Å². The normalized spacial score (nSPS) is 11.9. The Morgan fingerprint density at radius 2 is 0.596 bits per heavy atom. The molecule has 2 nitrogen and oxygen atoms in total. The quantitative estimate of drug-likeness (QED) is 0.165. The van der Waals surface area contributed by atoms with E-state index in [1.807, 2.05) is 0 Å². The van der Waals surface area contributed by atoms with Gasteiger partial charge in [0.25, 0.3) is 0 Å². The second-order valence-electron chi connectivity index (χ2n) is 15.1. The highest BCUT2D eigenvalue weighted by molar-refractivity contribution is 6.27. The molecule has 0 unspecified atom stereocenters. The van der Waals surface area contributed by atoms with Gasteiger partial charge in [0, 0.05) is 11.3 Å². The summed E-state index contributed by atoms with van der Waals surface area (Å²) in [5, 5.41) is 15.5. The molecule has 57 heavy (non-hydrogen) atoms. The zero-order chi connectivity index (χ0) is 37.5. The molecule has 0 aliphatic carbocycles. The summed E-state index contributed by atoms with van der Waals surface area (Å²) in [6, 6.07) is 75.1.